The fraction of sp³-hybridized carbons (Fsp3) is 1.00. The molecule has 1 unspecified atom stereocenters. The van der Waals surface area contributed by atoms with E-state index in [0.29, 0.717) is 0 Å². The second-order valence-corrected chi connectivity index (χ2v) is 6.39. The van der Waals surface area contributed by atoms with Gasteiger partial charge in [0.15, 0.2) is 0 Å². The summed E-state index contributed by atoms with van der Waals surface area (Å²) in [6.45, 7) is 4.89. The lowest BCUT2D eigenvalue weighted by Crippen LogP contribution is -2.20. The van der Waals surface area contributed by atoms with E-state index in [1.807, 2.05) is 0 Å². The van der Waals surface area contributed by atoms with Crippen LogP contribution >= 0.6 is 0 Å². The summed E-state index contributed by atoms with van der Waals surface area (Å²) in [5.74, 6) is 4.23. The summed E-state index contributed by atoms with van der Waals surface area (Å²) in [6, 6.07) is 0. The second-order valence-electron chi connectivity index (χ2n) is 6.39. The maximum atomic E-state index is 2.45. The molecule has 0 bridgehead atoms. The quantitative estimate of drug-likeness (QED) is 0.530. The third kappa shape index (κ3) is 3.23. The zero-order valence-corrected chi connectivity index (χ0v) is 10.7. The van der Waals surface area contributed by atoms with E-state index in [2.05, 4.69) is 13.8 Å². The van der Waals surface area contributed by atoms with E-state index >= 15 is 0 Å². The van der Waals surface area contributed by atoms with Crippen LogP contribution in [-0.4, -0.2) is 0 Å². The molecule has 2 saturated carbocycles. The Kier molecular flexibility index (Phi) is 4.11. The Morgan fingerprint density at radius 3 is 1.60 bits per heavy atom. The molecule has 2 aliphatic rings. The molecule has 2 aliphatic carbocycles. The van der Waals surface area contributed by atoms with Gasteiger partial charge < -0.3 is 0 Å². The summed E-state index contributed by atoms with van der Waals surface area (Å²) in [5, 5.41) is 0. The Bertz CT molecular complexity index is 176. The van der Waals surface area contributed by atoms with Gasteiger partial charge in [-0.05, 0) is 42.9 Å². The van der Waals surface area contributed by atoms with Crippen molar-refractivity contribution in [2.45, 2.75) is 71.6 Å². The molecule has 2 fully saturated rings. The first kappa shape index (κ1) is 11.5. The highest BCUT2D eigenvalue weighted by Crippen LogP contribution is 2.39. The Hall–Kier alpha value is 0. The van der Waals surface area contributed by atoms with Gasteiger partial charge in [-0.3, -0.25) is 0 Å². The van der Waals surface area contributed by atoms with E-state index in [1.165, 1.54) is 32.1 Å². The molecule has 88 valence electrons. The molecule has 2 atom stereocenters. The molecule has 0 spiro atoms. The average molecular weight is 208 g/mol. The van der Waals surface area contributed by atoms with E-state index < -0.39 is 0 Å². The van der Waals surface area contributed by atoms with Crippen molar-refractivity contribution in [3.05, 3.63) is 0 Å². The third-order valence-corrected chi connectivity index (χ3v) is 5.03. The average Bonchev–Trinajstić information content (AvgIpc) is 2.44. The lowest BCUT2D eigenvalue weighted by Gasteiger charge is -2.32. The molecule has 0 aliphatic heterocycles. The van der Waals surface area contributed by atoms with Crippen molar-refractivity contribution < 1.29 is 0 Å². The van der Waals surface area contributed by atoms with Crippen molar-refractivity contribution >= 4 is 0 Å². The molecular weight excluding hydrogens is 180 g/mol. The van der Waals surface area contributed by atoms with Gasteiger partial charge in [-0.15, -0.1) is 0 Å². The van der Waals surface area contributed by atoms with Crippen LogP contribution in [0.4, 0.5) is 0 Å². The first-order chi connectivity index (χ1) is 7.25. The highest BCUT2D eigenvalue weighted by Gasteiger charge is 2.27. The molecule has 0 amide bonds. The Balaban J connectivity index is 1.82. The summed E-state index contributed by atoms with van der Waals surface area (Å²) in [7, 11) is 0. The Labute approximate surface area is 95.8 Å². The Morgan fingerprint density at radius 1 is 0.533 bits per heavy atom. The lowest BCUT2D eigenvalue weighted by molar-refractivity contribution is 0.195. The summed E-state index contributed by atoms with van der Waals surface area (Å²) in [5.41, 5.74) is 0. The molecule has 0 saturated heterocycles. The first-order valence-corrected chi connectivity index (χ1v) is 7.25. The fourth-order valence-electron chi connectivity index (χ4n) is 3.74. The summed E-state index contributed by atoms with van der Waals surface area (Å²) in [4.78, 5) is 0. The summed E-state index contributed by atoms with van der Waals surface area (Å²) < 4.78 is 0. The topological polar surface area (TPSA) is 0 Å². The molecule has 2 rings (SSSR count). The van der Waals surface area contributed by atoms with Crippen LogP contribution in [0.5, 0.6) is 0 Å². The van der Waals surface area contributed by atoms with E-state index in [0.717, 1.165) is 23.7 Å². The maximum absolute atomic E-state index is 2.45. The predicted octanol–water partition coefficient (Wildman–Crippen LogP) is 5.03. The molecule has 0 N–H and O–H groups in total. The molecular formula is C15H28. The molecule has 0 aromatic heterocycles. The van der Waals surface area contributed by atoms with Crippen LogP contribution < -0.4 is 0 Å². The molecule has 0 radical (unpaired) electrons. The summed E-state index contributed by atoms with van der Waals surface area (Å²) in [6.07, 6.45) is 13.7. The van der Waals surface area contributed by atoms with Crippen LogP contribution in [0.25, 0.3) is 0 Å². The van der Waals surface area contributed by atoms with Gasteiger partial charge in [0.2, 0.25) is 0 Å². The SMILES string of the molecule is CC1CCC([C@@H]2CCCC(C)CC2)CC1. The number of rotatable bonds is 1. The van der Waals surface area contributed by atoms with Crippen LogP contribution in [-0.2, 0) is 0 Å². The minimum absolute atomic E-state index is 1.01. The van der Waals surface area contributed by atoms with Gasteiger partial charge in [-0.25, -0.2) is 0 Å². The lowest BCUT2D eigenvalue weighted by atomic mass is 9.74. The number of hydrogen-bond acceptors (Lipinski definition) is 0. The van der Waals surface area contributed by atoms with Crippen LogP contribution in [0.2, 0.25) is 0 Å². The first-order valence-electron chi connectivity index (χ1n) is 7.25. The Morgan fingerprint density at radius 2 is 1.00 bits per heavy atom. The van der Waals surface area contributed by atoms with Gasteiger partial charge in [0.25, 0.3) is 0 Å². The second kappa shape index (κ2) is 5.37. The van der Waals surface area contributed by atoms with Gasteiger partial charge >= 0.3 is 0 Å². The zero-order valence-electron chi connectivity index (χ0n) is 10.7. The standard InChI is InChI=1S/C15H28/c1-12-4-3-5-14(9-6-12)15-10-7-13(2)8-11-15/h12-15H,3-11H2,1-2H3/t12?,13?,14-,15?/m1/s1. The maximum Gasteiger partial charge on any atom is -0.0386 e. The largest absolute Gasteiger partial charge is 0.0625 e. The minimum atomic E-state index is 1.01. The summed E-state index contributed by atoms with van der Waals surface area (Å²) >= 11 is 0. The van der Waals surface area contributed by atoms with Gasteiger partial charge in [0.05, 0.1) is 0 Å². The smallest absolute Gasteiger partial charge is 0.0386 e. The van der Waals surface area contributed by atoms with E-state index in [9.17, 15) is 0 Å². The molecule has 0 aromatic carbocycles. The highest BCUT2D eigenvalue weighted by molar-refractivity contribution is 4.79. The molecule has 0 nitrogen and oxygen atoms in total. The zero-order chi connectivity index (χ0) is 10.7. The van der Waals surface area contributed by atoms with Crippen molar-refractivity contribution in [2.24, 2.45) is 23.7 Å². The third-order valence-electron chi connectivity index (χ3n) is 5.03. The molecule has 15 heavy (non-hydrogen) atoms. The van der Waals surface area contributed by atoms with E-state index in [1.54, 1.807) is 25.7 Å². The molecule has 0 heteroatoms. The van der Waals surface area contributed by atoms with Gasteiger partial charge in [0, 0.05) is 0 Å². The van der Waals surface area contributed by atoms with Crippen LogP contribution in [0.15, 0.2) is 0 Å². The van der Waals surface area contributed by atoms with Gasteiger partial charge in [0.1, 0.15) is 0 Å². The predicted molar refractivity (Wildman–Crippen MR) is 66.9 cm³/mol. The fourth-order valence-corrected chi connectivity index (χ4v) is 3.74. The van der Waals surface area contributed by atoms with Crippen molar-refractivity contribution in [3.8, 4) is 0 Å². The number of hydrogen-bond donors (Lipinski definition) is 0. The molecule has 0 heterocycles. The monoisotopic (exact) mass is 208 g/mol. The van der Waals surface area contributed by atoms with E-state index in [-0.39, 0.29) is 0 Å². The van der Waals surface area contributed by atoms with Crippen molar-refractivity contribution in [1.29, 1.82) is 0 Å². The van der Waals surface area contributed by atoms with Crippen molar-refractivity contribution in [1.82, 2.24) is 0 Å². The van der Waals surface area contributed by atoms with Crippen LogP contribution in [0, 0.1) is 23.7 Å². The van der Waals surface area contributed by atoms with Crippen molar-refractivity contribution in [3.63, 3.8) is 0 Å². The molecule has 0 aromatic rings. The van der Waals surface area contributed by atoms with Crippen LogP contribution in [0.3, 0.4) is 0 Å². The van der Waals surface area contributed by atoms with Gasteiger partial charge in [-0.2, -0.15) is 0 Å². The van der Waals surface area contributed by atoms with Crippen molar-refractivity contribution in [2.75, 3.05) is 0 Å². The van der Waals surface area contributed by atoms with Gasteiger partial charge in [-0.1, -0.05) is 52.4 Å². The van der Waals surface area contributed by atoms with Crippen LogP contribution in [0.1, 0.15) is 71.6 Å². The van der Waals surface area contributed by atoms with E-state index in [4.69, 9.17) is 0 Å². The highest BCUT2D eigenvalue weighted by atomic mass is 14.3. The normalized spacial score (nSPS) is 43.6. The minimum Gasteiger partial charge on any atom is -0.0625 e.